The van der Waals surface area contributed by atoms with Crippen LogP contribution in [0, 0.1) is 0 Å². The number of halogens is 2. The number of phenols is 1. The zero-order valence-electron chi connectivity index (χ0n) is 16.0. The summed E-state index contributed by atoms with van der Waals surface area (Å²) in [6.07, 6.45) is 9.17. The van der Waals surface area contributed by atoms with Crippen LogP contribution in [0.1, 0.15) is 51.0 Å². The lowest BCUT2D eigenvalue weighted by atomic mass is 10.1. The normalized spacial score (nSPS) is 11.7. The first kappa shape index (κ1) is 21.1. The van der Waals surface area contributed by atoms with E-state index in [0.717, 1.165) is 28.5 Å². The molecule has 3 rings (SSSR count). The number of unbranched alkanes of at least 4 members (excludes halogenated alkanes) is 5. The van der Waals surface area contributed by atoms with Crippen LogP contribution in [0.2, 0.25) is 0 Å². The third-order valence-electron chi connectivity index (χ3n) is 4.75. The van der Waals surface area contributed by atoms with Crippen LogP contribution in [0.25, 0.3) is 11.0 Å². The van der Waals surface area contributed by atoms with E-state index in [4.69, 9.17) is 4.98 Å². The van der Waals surface area contributed by atoms with Crippen LogP contribution in [0.5, 0.6) is 5.75 Å². The molecule has 6 heteroatoms. The highest BCUT2D eigenvalue weighted by molar-refractivity contribution is 9.11. The Labute approximate surface area is 183 Å². The molecule has 0 aliphatic heterocycles. The van der Waals surface area contributed by atoms with Crippen LogP contribution in [0.15, 0.2) is 50.3 Å². The third kappa shape index (κ3) is 5.23. The van der Waals surface area contributed by atoms with E-state index in [0.29, 0.717) is 16.0 Å². The first-order valence-electron chi connectivity index (χ1n) is 9.77. The number of aromatic nitrogens is 2. The molecule has 3 aromatic rings. The summed E-state index contributed by atoms with van der Waals surface area (Å²) in [7, 11) is 0. The Morgan fingerprint density at radius 1 is 1.07 bits per heavy atom. The molecule has 0 aliphatic carbocycles. The van der Waals surface area contributed by atoms with Crippen molar-refractivity contribution in [3.05, 3.63) is 50.9 Å². The zero-order valence-corrected chi connectivity index (χ0v) is 19.2. The lowest BCUT2D eigenvalue weighted by molar-refractivity contribution is 0.471. The van der Waals surface area contributed by atoms with Crippen molar-refractivity contribution in [3.63, 3.8) is 0 Å². The van der Waals surface area contributed by atoms with Crippen LogP contribution >= 0.6 is 31.9 Å². The molecule has 0 saturated carbocycles. The molecule has 1 aromatic heterocycles. The molecule has 0 atom stereocenters. The van der Waals surface area contributed by atoms with E-state index in [2.05, 4.69) is 54.4 Å². The number of para-hydroxylation sites is 2. The van der Waals surface area contributed by atoms with Gasteiger partial charge in [-0.15, -0.1) is 0 Å². The Morgan fingerprint density at radius 2 is 1.82 bits per heavy atom. The molecule has 1 heterocycles. The number of phenolic OH excluding ortho intramolecular Hbond substituents is 1. The summed E-state index contributed by atoms with van der Waals surface area (Å²) in [5.41, 5.74) is 2.68. The van der Waals surface area contributed by atoms with Crippen molar-refractivity contribution in [1.82, 2.24) is 9.55 Å². The van der Waals surface area contributed by atoms with Gasteiger partial charge in [0, 0.05) is 22.8 Å². The molecule has 4 nitrogen and oxygen atoms in total. The summed E-state index contributed by atoms with van der Waals surface area (Å²) in [5, 5.41) is 10.3. The van der Waals surface area contributed by atoms with Crippen LogP contribution in [0.3, 0.4) is 0 Å². The van der Waals surface area contributed by atoms with E-state index in [1.807, 2.05) is 24.3 Å². The van der Waals surface area contributed by atoms with Gasteiger partial charge in [0.05, 0.1) is 15.5 Å². The predicted octanol–water partition coefficient (Wildman–Crippen LogP) is 7.38. The summed E-state index contributed by atoms with van der Waals surface area (Å²) < 4.78 is 3.68. The van der Waals surface area contributed by atoms with Gasteiger partial charge >= 0.3 is 0 Å². The molecular weight excluding hydrogens is 482 g/mol. The highest BCUT2D eigenvalue weighted by Gasteiger charge is 2.10. The largest absolute Gasteiger partial charge is 0.506 e. The van der Waals surface area contributed by atoms with Crippen LogP contribution in [-0.4, -0.2) is 20.9 Å². The maximum atomic E-state index is 10.3. The first-order chi connectivity index (χ1) is 13.6. The minimum Gasteiger partial charge on any atom is -0.506 e. The highest BCUT2D eigenvalue weighted by Crippen LogP contribution is 2.31. The van der Waals surface area contributed by atoms with Gasteiger partial charge in [0.1, 0.15) is 5.75 Å². The molecule has 0 saturated heterocycles. The second kappa shape index (κ2) is 10.2. The fourth-order valence-corrected chi connectivity index (χ4v) is 4.50. The molecule has 0 fully saturated rings. The average Bonchev–Trinajstić information content (AvgIpc) is 3.04. The summed E-state index contributed by atoms with van der Waals surface area (Å²) in [5.74, 6) is 0.843. The van der Waals surface area contributed by atoms with E-state index in [9.17, 15) is 5.11 Å². The number of fused-ring (bicyclic) bond motifs is 1. The van der Waals surface area contributed by atoms with Crippen molar-refractivity contribution in [2.75, 3.05) is 0 Å². The van der Waals surface area contributed by atoms with E-state index >= 15 is 0 Å². The van der Waals surface area contributed by atoms with Gasteiger partial charge in [-0.2, -0.15) is 0 Å². The van der Waals surface area contributed by atoms with Gasteiger partial charge in [-0.05, 0) is 46.6 Å². The molecular formula is C22H25Br2N3O. The number of rotatable bonds is 9. The molecule has 0 bridgehead atoms. The monoisotopic (exact) mass is 505 g/mol. The maximum absolute atomic E-state index is 10.3. The quantitative estimate of drug-likeness (QED) is 0.243. The number of aryl methyl sites for hydroxylation is 1. The second-order valence-electron chi connectivity index (χ2n) is 6.90. The Hall–Kier alpha value is -1.66. The molecule has 148 valence electrons. The fraction of sp³-hybridized carbons (Fsp3) is 0.364. The zero-order chi connectivity index (χ0) is 19.9. The molecule has 0 amide bonds. The highest BCUT2D eigenvalue weighted by atomic mass is 79.9. The topological polar surface area (TPSA) is 50.4 Å². The standard InChI is InChI=1S/C22H25Br2N3O/c1-2-3-4-5-6-9-12-27-20-11-8-7-10-19(20)26-22(27)25-15-16-13-17(23)14-18(24)21(16)28/h7-8,10-11,13-15,28H,2-6,9,12H2,1H3. The second-order valence-corrected chi connectivity index (χ2v) is 8.67. The van der Waals surface area contributed by atoms with Crippen molar-refractivity contribution >= 4 is 55.1 Å². The van der Waals surface area contributed by atoms with Crippen molar-refractivity contribution in [1.29, 1.82) is 0 Å². The summed E-state index contributed by atoms with van der Waals surface area (Å²) in [4.78, 5) is 9.30. The van der Waals surface area contributed by atoms with Crippen LogP contribution in [0.4, 0.5) is 5.95 Å². The Kier molecular flexibility index (Phi) is 7.68. The molecule has 0 spiro atoms. The third-order valence-corrected chi connectivity index (χ3v) is 5.81. The Bertz CT molecular complexity index is 966. The van der Waals surface area contributed by atoms with Gasteiger partial charge < -0.3 is 9.67 Å². The smallest absolute Gasteiger partial charge is 0.230 e. The fourth-order valence-electron chi connectivity index (χ4n) is 3.24. The molecule has 0 unspecified atom stereocenters. The number of benzene rings is 2. The molecule has 0 radical (unpaired) electrons. The van der Waals surface area contributed by atoms with Gasteiger partial charge in [-0.3, -0.25) is 0 Å². The van der Waals surface area contributed by atoms with E-state index in [1.54, 1.807) is 12.3 Å². The summed E-state index contributed by atoms with van der Waals surface area (Å²) in [6.45, 7) is 3.14. The average molecular weight is 507 g/mol. The number of hydrogen-bond donors (Lipinski definition) is 1. The Morgan fingerprint density at radius 3 is 2.64 bits per heavy atom. The Balaban J connectivity index is 1.82. The number of aromatic hydroxyl groups is 1. The van der Waals surface area contributed by atoms with Gasteiger partial charge in [0.2, 0.25) is 5.95 Å². The van der Waals surface area contributed by atoms with Gasteiger partial charge in [-0.1, -0.05) is 67.1 Å². The SMILES string of the molecule is CCCCCCCCn1c(N=Cc2cc(Br)cc(Br)c2O)nc2ccccc21. The molecule has 1 N–H and O–H groups in total. The van der Waals surface area contributed by atoms with Crippen molar-refractivity contribution < 1.29 is 5.11 Å². The van der Waals surface area contributed by atoms with Crippen LogP contribution in [-0.2, 0) is 6.54 Å². The van der Waals surface area contributed by atoms with Gasteiger partial charge in [0.25, 0.3) is 0 Å². The summed E-state index contributed by atoms with van der Waals surface area (Å²) >= 11 is 6.82. The van der Waals surface area contributed by atoms with Crippen molar-refractivity contribution in [2.24, 2.45) is 4.99 Å². The number of nitrogens with zero attached hydrogens (tertiary/aromatic N) is 3. The lowest BCUT2D eigenvalue weighted by Crippen LogP contribution is -1.98. The first-order valence-corrected chi connectivity index (χ1v) is 11.4. The molecule has 2 aromatic carbocycles. The minimum atomic E-state index is 0.172. The minimum absolute atomic E-state index is 0.172. The maximum Gasteiger partial charge on any atom is 0.230 e. The van der Waals surface area contributed by atoms with Crippen molar-refractivity contribution in [2.45, 2.75) is 52.0 Å². The van der Waals surface area contributed by atoms with Gasteiger partial charge in [0.15, 0.2) is 0 Å². The number of hydrogen-bond acceptors (Lipinski definition) is 3. The molecule has 28 heavy (non-hydrogen) atoms. The van der Waals surface area contributed by atoms with E-state index in [-0.39, 0.29) is 5.75 Å². The van der Waals surface area contributed by atoms with Crippen molar-refractivity contribution in [3.8, 4) is 5.75 Å². The number of imidazole rings is 1. The molecule has 0 aliphatic rings. The van der Waals surface area contributed by atoms with E-state index < -0.39 is 0 Å². The van der Waals surface area contributed by atoms with Crippen LogP contribution < -0.4 is 0 Å². The van der Waals surface area contributed by atoms with E-state index in [1.165, 1.54) is 32.1 Å². The predicted molar refractivity (Wildman–Crippen MR) is 124 cm³/mol. The number of aliphatic imine (C=N–C) groups is 1. The van der Waals surface area contributed by atoms with Gasteiger partial charge in [-0.25, -0.2) is 9.98 Å². The lowest BCUT2D eigenvalue weighted by Gasteiger charge is -2.07. The summed E-state index contributed by atoms with van der Waals surface area (Å²) in [6, 6.07) is 11.8.